The summed E-state index contributed by atoms with van der Waals surface area (Å²) in [5.41, 5.74) is 1.87. The zero-order chi connectivity index (χ0) is 8.27. The Balaban J connectivity index is 0.00000121. The second kappa shape index (κ2) is 5.44. The molecule has 0 aromatic heterocycles. The van der Waals surface area contributed by atoms with E-state index < -0.39 is 0 Å². The summed E-state index contributed by atoms with van der Waals surface area (Å²) in [5.74, 6) is -0.0370. The van der Waals surface area contributed by atoms with Crippen molar-refractivity contribution < 1.29 is 37.5 Å². The van der Waals surface area contributed by atoms with E-state index in [9.17, 15) is 4.79 Å². The molecule has 0 unspecified atom stereocenters. The van der Waals surface area contributed by atoms with Crippen molar-refractivity contribution in [2.24, 2.45) is 0 Å². The average Bonchev–Trinajstić information content (AvgIpc) is 2.05. The first-order chi connectivity index (χ1) is 5.24. The van der Waals surface area contributed by atoms with E-state index in [0.29, 0.717) is 5.56 Å². The molecule has 61 valence electrons. The van der Waals surface area contributed by atoms with Crippen molar-refractivity contribution >= 4 is 5.91 Å². The maximum atomic E-state index is 11.0. The van der Waals surface area contributed by atoms with Crippen LogP contribution in [0.25, 0.3) is 0 Å². The minimum atomic E-state index is -0.0370. The van der Waals surface area contributed by atoms with Crippen molar-refractivity contribution in [1.29, 1.82) is 0 Å². The quantitative estimate of drug-likeness (QED) is 0.786. The molecule has 2 nitrogen and oxygen atoms in total. The number of amides is 1. The third-order valence-corrected chi connectivity index (χ3v) is 1.54. The molecule has 0 saturated heterocycles. The van der Waals surface area contributed by atoms with Crippen LogP contribution in [-0.4, -0.2) is 13.0 Å². The van der Waals surface area contributed by atoms with Crippen LogP contribution in [0.3, 0.4) is 0 Å². The van der Waals surface area contributed by atoms with Crippen LogP contribution in [0.15, 0.2) is 24.3 Å². The van der Waals surface area contributed by atoms with Crippen molar-refractivity contribution in [3.8, 4) is 0 Å². The SMILES string of the molecule is CNC(=O)c1ccc(C)cc1.[Y]. The summed E-state index contributed by atoms with van der Waals surface area (Å²) in [5, 5.41) is 2.56. The minimum Gasteiger partial charge on any atom is -0.355 e. The molecule has 0 fully saturated rings. The Morgan fingerprint density at radius 2 is 1.75 bits per heavy atom. The van der Waals surface area contributed by atoms with Gasteiger partial charge in [-0.15, -0.1) is 0 Å². The third-order valence-electron chi connectivity index (χ3n) is 1.54. The number of hydrogen-bond donors (Lipinski definition) is 1. The molecule has 12 heavy (non-hydrogen) atoms. The zero-order valence-electron chi connectivity index (χ0n) is 7.29. The van der Waals surface area contributed by atoms with Crippen molar-refractivity contribution in [2.75, 3.05) is 7.05 Å². The van der Waals surface area contributed by atoms with Gasteiger partial charge in [-0.05, 0) is 19.1 Å². The van der Waals surface area contributed by atoms with Gasteiger partial charge in [0.2, 0.25) is 0 Å². The van der Waals surface area contributed by atoms with E-state index in [1.165, 1.54) is 0 Å². The van der Waals surface area contributed by atoms with Gasteiger partial charge in [0.25, 0.3) is 5.91 Å². The first-order valence-corrected chi connectivity index (χ1v) is 3.53. The van der Waals surface area contributed by atoms with Gasteiger partial charge >= 0.3 is 0 Å². The van der Waals surface area contributed by atoms with Gasteiger partial charge < -0.3 is 5.32 Å². The average molecular weight is 238 g/mol. The van der Waals surface area contributed by atoms with Gasteiger partial charge in [-0.2, -0.15) is 0 Å². The van der Waals surface area contributed by atoms with E-state index in [0.717, 1.165) is 5.56 Å². The standard InChI is InChI=1S/C9H11NO.Y/c1-7-3-5-8(6-4-7)9(11)10-2;/h3-6H,1-2H3,(H,10,11);. The van der Waals surface area contributed by atoms with Gasteiger partial charge in [0.05, 0.1) is 0 Å². The smallest absolute Gasteiger partial charge is 0.251 e. The molecule has 1 amide bonds. The van der Waals surface area contributed by atoms with Crippen LogP contribution >= 0.6 is 0 Å². The molecule has 3 heteroatoms. The van der Waals surface area contributed by atoms with E-state index >= 15 is 0 Å². The molecule has 0 aliphatic carbocycles. The first kappa shape index (κ1) is 11.8. The molecular formula is C9H11NOY. The summed E-state index contributed by atoms with van der Waals surface area (Å²) in [6, 6.07) is 7.47. The molecule has 0 bridgehead atoms. The van der Waals surface area contributed by atoms with Crippen molar-refractivity contribution in [2.45, 2.75) is 6.92 Å². The van der Waals surface area contributed by atoms with Crippen LogP contribution in [0.5, 0.6) is 0 Å². The molecule has 1 rings (SSSR count). The predicted molar refractivity (Wildman–Crippen MR) is 44.6 cm³/mol. The molecule has 1 N–H and O–H groups in total. The molecule has 1 aromatic rings. The Morgan fingerprint density at radius 1 is 1.25 bits per heavy atom. The summed E-state index contributed by atoms with van der Waals surface area (Å²) < 4.78 is 0. The molecule has 0 heterocycles. The van der Waals surface area contributed by atoms with Crippen LogP contribution in [0.2, 0.25) is 0 Å². The van der Waals surface area contributed by atoms with Gasteiger partial charge in [-0.25, -0.2) is 0 Å². The zero-order valence-corrected chi connectivity index (χ0v) is 10.1. The fourth-order valence-corrected chi connectivity index (χ4v) is 0.849. The first-order valence-electron chi connectivity index (χ1n) is 3.53. The Labute approximate surface area is 97.6 Å². The van der Waals surface area contributed by atoms with Gasteiger partial charge in [0.15, 0.2) is 0 Å². The number of carbonyl (C=O) groups is 1. The van der Waals surface area contributed by atoms with E-state index in [1.54, 1.807) is 7.05 Å². The molecule has 0 saturated carbocycles. The maximum absolute atomic E-state index is 11.0. The molecular weight excluding hydrogens is 227 g/mol. The van der Waals surface area contributed by atoms with Gasteiger partial charge in [0, 0.05) is 45.3 Å². The predicted octanol–water partition coefficient (Wildman–Crippen LogP) is 1.35. The fourth-order valence-electron chi connectivity index (χ4n) is 0.849. The number of nitrogens with one attached hydrogen (secondary N) is 1. The Bertz CT molecular complexity index is 256. The van der Waals surface area contributed by atoms with E-state index in [4.69, 9.17) is 0 Å². The third kappa shape index (κ3) is 3.04. The molecule has 1 aromatic carbocycles. The van der Waals surface area contributed by atoms with Crippen molar-refractivity contribution in [3.05, 3.63) is 35.4 Å². The normalized spacial score (nSPS) is 8.50. The van der Waals surface area contributed by atoms with Gasteiger partial charge in [-0.1, -0.05) is 17.7 Å². The number of aryl methyl sites for hydroxylation is 1. The van der Waals surface area contributed by atoms with Crippen LogP contribution in [0, 0.1) is 6.92 Å². The Hall–Kier alpha value is -0.206. The van der Waals surface area contributed by atoms with Crippen LogP contribution < -0.4 is 5.32 Å². The number of carbonyl (C=O) groups excluding carboxylic acids is 1. The van der Waals surface area contributed by atoms with Gasteiger partial charge in [-0.3, -0.25) is 4.79 Å². The molecule has 1 radical (unpaired) electrons. The van der Waals surface area contributed by atoms with Crippen molar-refractivity contribution in [3.63, 3.8) is 0 Å². The summed E-state index contributed by atoms with van der Waals surface area (Å²) in [6.45, 7) is 1.99. The minimum absolute atomic E-state index is 0. The Morgan fingerprint density at radius 3 is 2.17 bits per heavy atom. The van der Waals surface area contributed by atoms with E-state index in [1.807, 2.05) is 31.2 Å². The number of rotatable bonds is 1. The molecule has 0 atom stereocenters. The van der Waals surface area contributed by atoms with E-state index in [-0.39, 0.29) is 38.6 Å². The number of benzene rings is 1. The van der Waals surface area contributed by atoms with Crippen LogP contribution in [0.4, 0.5) is 0 Å². The topological polar surface area (TPSA) is 29.1 Å². The largest absolute Gasteiger partial charge is 0.355 e. The summed E-state index contributed by atoms with van der Waals surface area (Å²) in [7, 11) is 1.63. The number of hydrogen-bond acceptors (Lipinski definition) is 1. The maximum Gasteiger partial charge on any atom is 0.251 e. The van der Waals surface area contributed by atoms with Crippen LogP contribution in [-0.2, 0) is 32.7 Å². The monoisotopic (exact) mass is 238 g/mol. The fraction of sp³-hybridized carbons (Fsp3) is 0.222. The van der Waals surface area contributed by atoms with Crippen LogP contribution in [0.1, 0.15) is 15.9 Å². The second-order valence-corrected chi connectivity index (χ2v) is 2.45. The van der Waals surface area contributed by atoms with Crippen molar-refractivity contribution in [1.82, 2.24) is 5.32 Å². The Kier molecular flexibility index (Phi) is 5.35. The molecule has 0 aliphatic rings. The molecule has 0 aliphatic heterocycles. The van der Waals surface area contributed by atoms with E-state index in [2.05, 4.69) is 5.32 Å². The summed E-state index contributed by atoms with van der Waals surface area (Å²) in [4.78, 5) is 11.0. The summed E-state index contributed by atoms with van der Waals surface area (Å²) >= 11 is 0. The summed E-state index contributed by atoms with van der Waals surface area (Å²) in [6.07, 6.45) is 0. The second-order valence-electron chi connectivity index (χ2n) is 2.45. The molecule has 0 spiro atoms. The van der Waals surface area contributed by atoms with Gasteiger partial charge in [0.1, 0.15) is 0 Å².